The number of aromatic nitrogens is 1. The average Bonchev–Trinajstić information content (AvgIpc) is 3.19. The number of carboxylic acids is 1. The number of amides is 1. The van der Waals surface area contributed by atoms with Crippen molar-refractivity contribution >= 4 is 11.9 Å². The summed E-state index contributed by atoms with van der Waals surface area (Å²) in [5.74, 6) is -1.90. The van der Waals surface area contributed by atoms with Crippen molar-refractivity contribution in [2.24, 2.45) is 23.7 Å². The third-order valence-electron chi connectivity index (χ3n) is 8.71. The van der Waals surface area contributed by atoms with Gasteiger partial charge in [-0.05, 0) is 92.3 Å². The van der Waals surface area contributed by atoms with Gasteiger partial charge >= 0.3 is 18.3 Å². The van der Waals surface area contributed by atoms with Crippen LogP contribution in [0.1, 0.15) is 86.0 Å². The molecule has 0 radical (unpaired) electrons. The lowest BCUT2D eigenvalue weighted by Gasteiger charge is -2.29. The number of nitrogens with one attached hydrogen (secondary N) is 2. The molecule has 230 valence electrons. The van der Waals surface area contributed by atoms with Crippen LogP contribution in [0.15, 0.2) is 36.5 Å². The normalized spacial score (nSPS) is 25.7. The Morgan fingerprint density at radius 3 is 2.21 bits per heavy atom. The Labute approximate surface area is 240 Å². The average molecular weight is 600 g/mol. The Bertz CT molecular complexity index is 1240. The molecule has 3 N–H and O–H groups in total. The Hall–Kier alpha value is -3.15. The highest BCUT2D eigenvalue weighted by molar-refractivity contribution is 5.82. The first kappa shape index (κ1) is 31.8. The maximum absolute atomic E-state index is 13.4. The maximum Gasteiger partial charge on any atom is 0.416 e. The Kier molecular flexibility index (Phi) is 9.54. The van der Waals surface area contributed by atoms with E-state index in [9.17, 15) is 35.9 Å². The number of rotatable bonds is 9. The van der Waals surface area contributed by atoms with E-state index in [2.05, 4.69) is 15.6 Å². The molecule has 1 saturated heterocycles. The lowest BCUT2D eigenvalue weighted by molar-refractivity contribution is -0.143. The molecule has 1 aromatic heterocycles. The highest BCUT2D eigenvalue weighted by Gasteiger charge is 2.43. The quantitative estimate of drug-likeness (QED) is 0.279. The number of carbonyl (C=O) groups is 2. The van der Waals surface area contributed by atoms with Crippen molar-refractivity contribution < 1.29 is 41.0 Å². The van der Waals surface area contributed by atoms with E-state index in [0.29, 0.717) is 23.7 Å². The van der Waals surface area contributed by atoms with Crippen molar-refractivity contribution in [3.63, 3.8) is 0 Å². The number of carboxylic acid groups (broad SMARTS) is 1. The van der Waals surface area contributed by atoms with E-state index in [1.54, 1.807) is 19.2 Å². The predicted octanol–water partition coefficient (Wildman–Crippen LogP) is 6.72. The third-order valence-corrected chi connectivity index (χ3v) is 8.71. The number of carbonyl (C=O) groups excluding carboxylic acids is 1. The van der Waals surface area contributed by atoms with Crippen LogP contribution < -0.4 is 10.6 Å². The van der Waals surface area contributed by atoms with E-state index >= 15 is 0 Å². The number of nitrogens with zero attached hydrogens (tertiary/aromatic N) is 1. The van der Waals surface area contributed by atoms with Crippen molar-refractivity contribution in [2.45, 2.75) is 76.8 Å². The van der Waals surface area contributed by atoms with Gasteiger partial charge in [-0.25, -0.2) is 0 Å². The van der Waals surface area contributed by atoms with Gasteiger partial charge in [0.05, 0.1) is 17.2 Å². The molecule has 0 spiro atoms. The largest absolute Gasteiger partial charge is 0.481 e. The summed E-state index contributed by atoms with van der Waals surface area (Å²) in [4.78, 5) is 28.5. The second-order valence-electron chi connectivity index (χ2n) is 11.6. The summed E-state index contributed by atoms with van der Waals surface area (Å²) in [5, 5.41) is 15.2. The number of hydrogen-bond acceptors (Lipinski definition) is 4. The van der Waals surface area contributed by atoms with E-state index < -0.39 is 53.2 Å². The van der Waals surface area contributed by atoms with Gasteiger partial charge in [-0.2, -0.15) is 26.3 Å². The molecular formula is C30H35F6N3O3. The van der Waals surface area contributed by atoms with E-state index in [1.807, 2.05) is 13.0 Å². The number of aliphatic carboxylic acids is 1. The van der Waals surface area contributed by atoms with Gasteiger partial charge in [0.2, 0.25) is 5.91 Å². The monoisotopic (exact) mass is 599 g/mol. The second-order valence-corrected chi connectivity index (χ2v) is 11.6. The zero-order chi connectivity index (χ0) is 30.8. The molecule has 1 aliphatic carbocycles. The molecule has 2 aliphatic rings. The Morgan fingerprint density at radius 1 is 1.05 bits per heavy atom. The third kappa shape index (κ3) is 7.62. The number of hydrogen-bond donors (Lipinski definition) is 3. The maximum atomic E-state index is 13.4. The molecule has 1 aromatic carbocycles. The first-order valence-electron chi connectivity index (χ1n) is 14.1. The minimum atomic E-state index is -4.98. The first-order valence-corrected chi connectivity index (χ1v) is 14.1. The fourth-order valence-corrected chi connectivity index (χ4v) is 6.25. The minimum absolute atomic E-state index is 0.0820. The van der Waals surface area contributed by atoms with Crippen molar-refractivity contribution in [1.29, 1.82) is 0 Å². The van der Waals surface area contributed by atoms with E-state index in [1.165, 1.54) is 0 Å². The molecule has 2 aromatic rings. The van der Waals surface area contributed by atoms with E-state index in [-0.39, 0.29) is 36.4 Å². The number of pyridine rings is 1. The van der Waals surface area contributed by atoms with Gasteiger partial charge < -0.3 is 15.7 Å². The summed E-state index contributed by atoms with van der Waals surface area (Å²) in [6.07, 6.45) is -4.38. The van der Waals surface area contributed by atoms with Crippen LogP contribution in [0.2, 0.25) is 0 Å². The van der Waals surface area contributed by atoms with Crippen molar-refractivity contribution in [2.75, 3.05) is 6.54 Å². The molecule has 1 aliphatic heterocycles. The van der Waals surface area contributed by atoms with Gasteiger partial charge in [0, 0.05) is 36.7 Å². The van der Waals surface area contributed by atoms with Crippen LogP contribution in [0, 0.1) is 23.7 Å². The Morgan fingerprint density at radius 2 is 1.64 bits per heavy atom. The zero-order valence-electron chi connectivity index (χ0n) is 23.4. The highest BCUT2D eigenvalue weighted by Crippen LogP contribution is 2.42. The molecule has 1 saturated carbocycles. The van der Waals surface area contributed by atoms with E-state index in [4.69, 9.17) is 5.11 Å². The summed E-state index contributed by atoms with van der Waals surface area (Å²) in [6, 6.07) is 3.94. The number of halogens is 6. The van der Waals surface area contributed by atoms with Crippen LogP contribution in [0.25, 0.3) is 0 Å². The van der Waals surface area contributed by atoms with Crippen molar-refractivity contribution in [1.82, 2.24) is 15.6 Å². The van der Waals surface area contributed by atoms with Crippen LogP contribution in [-0.2, 0) is 28.4 Å². The van der Waals surface area contributed by atoms with Gasteiger partial charge in [-0.1, -0.05) is 13.0 Å². The van der Waals surface area contributed by atoms with Crippen LogP contribution in [-0.4, -0.2) is 28.5 Å². The van der Waals surface area contributed by atoms with Gasteiger partial charge in [0.25, 0.3) is 0 Å². The lowest BCUT2D eigenvalue weighted by atomic mass is 9.80. The minimum Gasteiger partial charge on any atom is -0.481 e. The zero-order valence-corrected chi connectivity index (χ0v) is 23.4. The smallest absolute Gasteiger partial charge is 0.416 e. The summed E-state index contributed by atoms with van der Waals surface area (Å²) in [6.45, 7) is 4.35. The number of benzene rings is 1. The molecule has 2 unspecified atom stereocenters. The summed E-state index contributed by atoms with van der Waals surface area (Å²) >= 11 is 0. The van der Waals surface area contributed by atoms with E-state index in [0.717, 1.165) is 37.8 Å². The van der Waals surface area contributed by atoms with Crippen molar-refractivity contribution in [3.05, 3.63) is 64.5 Å². The van der Waals surface area contributed by atoms with Gasteiger partial charge in [0.15, 0.2) is 0 Å². The fourth-order valence-electron chi connectivity index (χ4n) is 6.25. The molecule has 2 fully saturated rings. The summed E-state index contributed by atoms with van der Waals surface area (Å²) in [7, 11) is 0. The second kappa shape index (κ2) is 12.6. The molecule has 4 atom stereocenters. The molecule has 42 heavy (non-hydrogen) atoms. The Balaban J connectivity index is 1.46. The van der Waals surface area contributed by atoms with Crippen LogP contribution in [0.5, 0.6) is 0 Å². The molecule has 0 bridgehead atoms. The topological polar surface area (TPSA) is 91.3 Å². The highest BCUT2D eigenvalue weighted by atomic mass is 19.4. The molecule has 12 heteroatoms. The van der Waals surface area contributed by atoms with Crippen LogP contribution >= 0.6 is 0 Å². The van der Waals surface area contributed by atoms with Crippen LogP contribution in [0.4, 0.5) is 26.3 Å². The fraction of sp³-hybridized carbons (Fsp3) is 0.567. The van der Waals surface area contributed by atoms with Gasteiger partial charge in [-0.3, -0.25) is 14.6 Å². The first-order chi connectivity index (χ1) is 19.6. The molecular weight excluding hydrogens is 564 g/mol. The lowest BCUT2D eigenvalue weighted by Crippen LogP contribution is -2.30. The molecule has 4 rings (SSSR count). The van der Waals surface area contributed by atoms with Gasteiger partial charge in [-0.15, -0.1) is 0 Å². The predicted molar refractivity (Wildman–Crippen MR) is 142 cm³/mol. The number of alkyl halides is 6. The summed E-state index contributed by atoms with van der Waals surface area (Å²) < 4.78 is 80.6. The summed E-state index contributed by atoms with van der Waals surface area (Å²) in [5.41, 5.74) is -1.58. The standard InChI is InChI=1S/C30H35F6N3O3/c1-16-24(28(42)39-27(16)20-11-21(29(31,32)33)13-22(12-20)30(34,35)36)14-25-23(4-3-9-37-25)17(2)38-15-19-7-5-18(6-8-19)10-26(40)41/h3-4,9,11-13,16-19,24,27,38H,5-8,10,14-15H2,1-2H3,(H,39,42)(H,40,41)/t16-,17?,18?,19?,24?,27+/m0/s1. The van der Waals surface area contributed by atoms with Crippen molar-refractivity contribution in [3.8, 4) is 0 Å². The SMILES string of the molecule is CC(NCC1CCC(CC(=O)O)CC1)c1cccnc1CC1C(=O)N[C@@H](c2cc(C(F)(F)F)cc(C(F)(F)F)c2)[C@H]1C. The molecule has 2 heterocycles. The molecule has 1 amide bonds. The molecule has 6 nitrogen and oxygen atoms in total. The van der Waals surface area contributed by atoms with Gasteiger partial charge in [0.1, 0.15) is 0 Å². The van der Waals surface area contributed by atoms with Crippen LogP contribution in [0.3, 0.4) is 0 Å².